The first kappa shape index (κ1) is 21.3. The molecule has 3 aromatic rings. The van der Waals surface area contributed by atoms with E-state index in [2.05, 4.69) is 26.0 Å². The number of carbonyl (C=O) groups excluding carboxylic acids is 1. The highest BCUT2D eigenvalue weighted by molar-refractivity contribution is 7.99. The monoisotopic (exact) mass is 427 g/mol. The number of carbonyl (C=O) groups is 1. The van der Waals surface area contributed by atoms with Gasteiger partial charge in [0.05, 0.1) is 11.5 Å². The number of nitrogens with zero attached hydrogens (tertiary/aromatic N) is 4. The van der Waals surface area contributed by atoms with Gasteiger partial charge in [-0.3, -0.25) is 4.79 Å². The van der Waals surface area contributed by atoms with E-state index in [1.165, 1.54) is 16.8 Å². The first-order valence-electron chi connectivity index (χ1n) is 9.10. The highest BCUT2D eigenvalue weighted by atomic mass is 32.2. The fourth-order valence-electron chi connectivity index (χ4n) is 2.53. The predicted molar refractivity (Wildman–Crippen MR) is 118 cm³/mol. The number of nitrogen functional groups attached to an aromatic ring is 1. The topological polar surface area (TPSA) is 110 Å². The van der Waals surface area contributed by atoms with Crippen molar-refractivity contribution >= 4 is 35.0 Å². The molecular weight excluding hydrogens is 405 g/mol. The predicted octanol–water partition coefficient (Wildman–Crippen LogP) is 3.31. The maximum atomic E-state index is 13.0. The third-order valence-electron chi connectivity index (χ3n) is 4.25. The third-order valence-corrected chi connectivity index (χ3v) is 5.19. The molecule has 0 unspecified atom stereocenters. The Labute approximate surface area is 177 Å². The zero-order valence-corrected chi connectivity index (χ0v) is 17.6. The second kappa shape index (κ2) is 9.40. The van der Waals surface area contributed by atoms with E-state index in [1.54, 1.807) is 19.1 Å². The Morgan fingerprint density at radius 3 is 2.67 bits per heavy atom. The van der Waals surface area contributed by atoms with E-state index in [0.29, 0.717) is 10.9 Å². The number of hydrazone groups is 1. The number of hydrogen-bond donors (Lipinski definition) is 3. The summed E-state index contributed by atoms with van der Waals surface area (Å²) in [5, 5.41) is 15.4. The van der Waals surface area contributed by atoms with Crippen molar-refractivity contribution in [3.8, 4) is 0 Å². The lowest BCUT2D eigenvalue weighted by atomic mass is 10.1. The highest BCUT2D eigenvalue weighted by Gasteiger charge is 2.13. The number of nitrogens with two attached hydrogens (primary N) is 1. The second-order valence-corrected chi connectivity index (χ2v) is 7.59. The molecule has 2 aromatic carbocycles. The van der Waals surface area contributed by atoms with E-state index >= 15 is 0 Å². The van der Waals surface area contributed by atoms with Crippen molar-refractivity contribution in [1.29, 1.82) is 0 Å². The third kappa shape index (κ3) is 5.35. The van der Waals surface area contributed by atoms with Crippen LogP contribution in [0.25, 0.3) is 0 Å². The second-order valence-electron chi connectivity index (χ2n) is 6.65. The minimum Gasteiger partial charge on any atom is -0.334 e. The van der Waals surface area contributed by atoms with E-state index in [9.17, 15) is 9.18 Å². The maximum absolute atomic E-state index is 13.0. The van der Waals surface area contributed by atoms with Crippen LogP contribution in [0.1, 0.15) is 23.6 Å². The van der Waals surface area contributed by atoms with E-state index in [0.717, 1.165) is 34.1 Å². The van der Waals surface area contributed by atoms with Crippen molar-refractivity contribution in [3.63, 3.8) is 0 Å². The fourth-order valence-corrected chi connectivity index (χ4v) is 3.18. The van der Waals surface area contributed by atoms with Crippen molar-refractivity contribution < 1.29 is 9.18 Å². The van der Waals surface area contributed by atoms with Crippen LogP contribution in [-0.2, 0) is 4.79 Å². The number of thioether (sulfide) groups is 1. The van der Waals surface area contributed by atoms with Gasteiger partial charge in [-0.2, -0.15) is 5.10 Å². The van der Waals surface area contributed by atoms with E-state index in [4.69, 9.17) is 5.84 Å². The molecule has 0 radical (unpaired) electrons. The van der Waals surface area contributed by atoms with Gasteiger partial charge in [0.15, 0.2) is 0 Å². The van der Waals surface area contributed by atoms with Gasteiger partial charge in [-0.1, -0.05) is 36.0 Å². The SMILES string of the molecule is C/C(=N\Nc1nnc(SCC(=O)Nc2cc(C)ccc2C)n1N)c1ccc(F)cc1. The molecule has 1 aromatic heterocycles. The molecule has 0 spiro atoms. The summed E-state index contributed by atoms with van der Waals surface area (Å²) >= 11 is 1.16. The number of anilines is 2. The molecule has 8 nitrogen and oxygen atoms in total. The zero-order chi connectivity index (χ0) is 21.7. The molecule has 0 aliphatic carbocycles. The summed E-state index contributed by atoms with van der Waals surface area (Å²) in [4.78, 5) is 12.3. The minimum absolute atomic E-state index is 0.126. The van der Waals surface area contributed by atoms with Crippen molar-refractivity contribution in [2.24, 2.45) is 5.10 Å². The molecule has 0 saturated heterocycles. The number of benzene rings is 2. The first-order valence-corrected chi connectivity index (χ1v) is 10.1. The molecule has 156 valence electrons. The van der Waals surface area contributed by atoms with Crippen LogP contribution in [0.15, 0.2) is 52.7 Å². The number of aryl methyl sites for hydroxylation is 2. The van der Waals surface area contributed by atoms with Crippen LogP contribution in [0.3, 0.4) is 0 Å². The van der Waals surface area contributed by atoms with E-state index in [1.807, 2.05) is 32.0 Å². The Bertz CT molecular complexity index is 1080. The number of rotatable bonds is 7. The van der Waals surface area contributed by atoms with Crippen LogP contribution in [-0.4, -0.2) is 32.2 Å². The molecule has 1 heterocycles. The lowest BCUT2D eigenvalue weighted by Gasteiger charge is -2.09. The molecule has 4 N–H and O–H groups in total. The summed E-state index contributed by atoms with van der Waals surface area (Å²) in [5.41, 5.74) is 6.95. The van der Waals surface area contributed by atoms with Gasteiger partial charge in [-0.15, -0.1) is 10.2 Å². The number of nitrogens with one attached hydrogen (secondary N) is 2. The lowest BCUT2D eigenvalue weighted by Crippen LogP contribution is -2.17. The van der Waals surface area contributed by atoms with Gasteiger partial charge in [0.2, 0.25) is 11.1 Å². The van der Waals surface area contributed by atoms with Gasteiger partial charge in [-0.25, -0.2) is 14.5 Å². The summed E-state index contributed by atoms with van der Waals surface area (Å²) in [6.07, 6.45) is 0. The molecular formula is C20H22FN7OS. The Morgan fingerprint density at radius 1 is 1.20 bits per heavy atom. The Morgan fingerprint density at radius 2 is 1.93 bits per heavy atom. The smallest absolute Gasteiger partial charge is 0.264 e. The van der Waals surface area contributed by atoms with Crippen molar-refractivity contribution in [1.82, 2.24) is 14.9 Å². The highest BCUT2D eigenvalue weighted by Crippen LogP contribution is 2.19. The summed E-state index contributed by atoms with van der Waals surface area (Å²) in [7, 11) is 0. The molecule has 0 saturated carbocycles. The van der Waals surface area contributed by atoms with Crippen LogP contribution < -0.4 is 16.6 Å². The van der Waals surface area contributed by atoms with Crippen molar-refractivity contribution in [2.75, 3.05) is 22.3 Å². The number of amides is 1. The Kier molecular flexibility index (Phi) is 6.68. The van der Waals surface area contributed by atoms with Gasteiger partial charge in [0.25, 0.3) is 5.95 Å². The molecule has 30 heavy (non-hydrogen) atoms. The van der Waals surface area contributed by atoms with Crippen LogP contribution in [0.4, 0.5) is 16.0 Å². The summed E-state index contributed by atoms with van der Waals surface area (Å²) in [6.45, 7) is 5.67. The number of hydrogen-bond acceptors (Lipinski definition) is 7. The average Bonchev–Trinajstić information content (AvgIpc) is 3.07. The van der Waals surface area contributed by atoms with Gasteiger partial charge < -0.3 is 11.2 Å². The average molecular weight is 428 g/mol. The maximum Gasteiger partial charge on any atom is 0.264 e. The molecule has 0 fully saturated rings. The Balaban J connectivity index is 1.58. The molecule has 1 amide bonds. The quantitative estimate of drug-likeness (QED) is 0.231. The summed E-state index contributed by atoms with van der Waals surface area (Å²) in [5.74, 6) is 5.85. The summed E-state index contributed by atoms with van der Waals surface area (Å²) in [6, 6.07) is 11.8. The molecule has 0 atom stereocenters. The van der Waals surface area contributed by atoms with Gasteiger partial charge in [0.1, 0.15) is 5.82 Å². The number of aromatic nitrogens is 3. The zero-order valence-electron chi connectivity index (χ0n) is 16.8. The van der Waals surface area contributed by atoms with Gasteiger partial charge in [0, 0.05) is 5.69 Å². The first-order chi connectivity index (χ1) is 14.3. The molecule has 0 aliphatic heterocycles. The van der Waals surface area contributed by atoms with E-state index < -0.39 is 0 Å². The molecule has 0 aliphatic rings. The van der Waals surface area contributed by atoms with E-state index in [-0.39, 0.29) is 23.4 Å². The standard InChI is InChI=1S/C20H22FN7OS/c1-12-4-5-13(2)17(10-12)23-18(29)11-30-20-27-26-19(28(20)22)25-24-14(3)15-6-8-16(21)9-7-15/h4-10H,11,22H2,1-3H3,(H,23,29)(H,25,26)/b24-14+. The van der Waals surface area contributed by atoms with Gasteiger partial charge in [-0.05, 0) is 55.7 Å². The Hall–Kier alpha value is -3.40. The molecule has 3 rings (SSSR count). The molecule has 10 heteroatoms. The lowest BCUT2D eigenvalue weighted by molar-refractivity contribution is -0.113. The van der Waals surface area contributed by atoms with Crippen molar-refractivity contribution in [2.45, 2.75) is 25.9 Å². The summed E-state index contributed by atoms with van der Waals surface area (Å²) < 4.78 is 14.2. The van der Waals surface area contributed by atoms with Crippen LogP contribution in [0.2, 0.25) is 0 Å². The van der Waals surface area contributed by atoms with Crippen LogP contribution in [0, 0.1) is 19.7 Å². The van der Waals surface area contributed by atoms with Crippen LogP contribution >= 0.6 is 11.8 Å². The number of halogens is 1. The normalized spacial score (nSPS) is 11.4. The van der Waals surface area contributed by atoms with Crippen LogP contribution in [0.5, 0.6) is 0 Å². The van der Waals surface area contributed by atoms with Crippen molar-refractivity contribution in [3.05, 3.63) is 65.0 Å². The molecule has 0 bridgehead atoms. The van der Waals surface area contributed by atoms with Gasteiger partial charge >= 0.3 is 0 Å². The fraction of sp³-hybridized carbons (Fsp3) is 0.200. The minimum atomic E-state index is -0.315. The largest absolute Gasteiger partial charge is 0.334 e.